The van der Waals surface area contributed by atoms with Crippen LogP contribution < -0.4 is 9.62 Å². The highest BCUT2D eigenvalue weighted by Crippen LogP contribution is 2.33. The average Bonchev–Trinajstić information content (AvgIpc) is 2.88. The van der Waals surface area contributed by atoms with E-state index in [4.69, 9.17) is 14.9 Å². The smallest absolute Gasteiger partial charge is 0.0473 e. The number of ether oxygens (including phenoxy) is 2. The van der Waals surface area contributed by atoms with Crippen LogP contribution in [-0.2, 0) is 15.9 Å². The van der Waals surface area contributed by atoms with Crippen molar-refractivity contribution in [1.29, 1.82) is 5.41 Å². The minimum Gasteiger partial charge on any atom is -0.384 e. The van der Waals surface area contributed by atoms with Gasteiger partial charge in [-0.05, 0) is 91.8 Å². The van der Waals surface area contributed by atoms with Crippen LogP contribution in [0.4, 0.5) is 11.4 Å². The van der Waals surface area contributed by atoms with Crippen LogP contribution in [0.25, 0.3) is 0 Å². The molecule has 5 nitrogen and oxygen atoms in total. The van der Waals surface area contributed by atoms with Gasteiger partial charge in [-0.1, -0.05) is 19.1 Å². The van der Waals surface area contributed by atoms with E-state index < -0.39 is 0 Å². The average molecular weight is 468 g/mol. The van der Waals surface area contributed by atoms with Crippen molar-refractivity contribution < 1.29 is 9.47 Å². The van der Waals surface area contributed by atoms with Crippen LogP contribution in [0.5, 0.6) is 0 Å². The lowest BCUT2D eigenvalue weighted by Gasteiger charge is -2.30. The molecular formula is C27H37N3O2S. The number of aryl methyl sites for hydroxylation is 1. The second kappa shape index (κ2) is 12.4. The maximum Gasteiger partial charge on any atom is 0.0473 e. The molecule has 2 aromatic rings. The fraction of sp³-hybridized carbons (Fsp3) is 0.519. The SMILES string of the molecule is CCc1ccc(N(CC2CCOCC2)Sc2ccc(NCC3CCOCC3)c(C=N)c2)cc1. The Kier molecular flexibility index (Phi) is 9.09. The van der Waals surface area contributed by atoms with Crippen molar-refractivity contribution in [2.75, 3.05) is 49.1 Å². The first-order chi connectivity index (χ1) is 16.2. The van der Waals surface area contributed by atoms with Crippen LogP contribution in [0.15, 0.2) is 47.4 Å². The molecule has 0 spiro atoms. The molecule has 0 radical (unpaired) electrons. The molecular weight excluding hydrogens is 430 g/mol. The second-order valence-electron chi connectivity index (χ2n) is 9.06. The van der Waals surface area contributed by atoms with Crippen LogP contribution in [0, 0.1) is 17.2 Å². The van der Waals surface area contributed by atoms with Gasteiger partial charge in [0, 0.05) is 67.6 Å². The van der Waals surface area contributed by atoms with E-state index in [-0.39, 0.29) is 0 Å². The fourth-order valence-corrected chi connectivity index (χ4v) is 5.54. The van der Waals surface area contributed by atoms with Gasteiger partial charge in [-0.3, -0.25) is 0 Å². The number of benzene rings is 2. The first kappa shape index (κ1) is 24.1. The van der Waals surface area contributed by atoms with Crippen LogP contribution >= 0.6 is 11.9 Å². The molecule has 2 fully saturated rings. The third-order valence-corrected chi connectivity index (χ3v) is 7.76. The first-order valence-electron chi connectivity index (χ1n) is 12.3. The van der Waals surface area contributed by atoms with Crippen LogP contribution in [0.1, 0.15) is 43.7 Å². The Morgan fingerprint density at radius 1 is 0.970 bits per heavy atom. The lowest BCUT2D eigenvalue weighted by atomic mass is 10.0. The minimum atomic E-state index is 0.639. The predicted molar refractivity (Wildman–Crippen MR) is 139 cm³/mol. The third kappa shape index (κ3) is 6.98. The number of nitrogens with one attached hydrogen (secondary N) is 2. The van der Waals surface area contributed by atoms with Gasteiger partial charge in [0.25, 0.3) is 0 Å². The van der Waals surface area contributed by atoms with Crippen molar-refractivity contribution in [3.05, 3.63) is 53.6 Å². The van der Waals surface area contributed by atoms with Crippen molar-refractivity contribution in [3.8, 4) is 0 Å². The Balaban J connectivity index is 1.47. The van der Waals surface area contributed by atoms with Gasteiger partial charge in [-0.2, -0.15) is 0 Å². The van der Waals surface area contributed by atoms with Crippen molar-refractivity contribution in [2.24, 2.45) is 11.8 Å². The summed E-state index contributed by atoms with van der Waals surface area (Å²) in [5, 5.41) is 11.6. The molecule has 0 unspecified atom stereocenters. The monoisotopic (exact) mass is 467 g/mol. The molecule has 6 heteroatoms. The Morgan fingerprint density at radius 2 is 1.64 bits per heavy atom. The molecule has 0 aromatic heterocycles. The molecule has 33 heavy (non-hydrogen) atoms. The molecule has 2 saturated heterocycles. The van der Waals surface area contributed by atoms with E-state index in [1.165, 1.54) is 17.5 Å². The zero-order valence-electron chi connectivity index (χ0n) is 19.7. The van der Waals surface area contributed by atoms with Gasteiger partial charge in [-0.25, -0.2) is 0 Å². The standard InChI is InChI=1S/C27H37N3O2S/c1-2-21-3-5-25(6-4-21)30(20-23-11-15-32-16-12-23)33-26-7-8-27(24(17-26)18-28)29-19-22-9-13-31-14-10-22/h3-8,17-18,22-23,28-29H,2,9-16,19-20H2,1H3. The van der Waals surface area contributed by atoms with Gasteiger partial charge in [0.05, 0.1) is 0 Å². The largest absolute Gasteiger partial charge is 0.384 e. The highest BCUT2D eigenvalue weighted by molar-refractivity contribution is 8.00. The van der Waals surface area contributed by atoms with E-state index in [2.05, 4.69) is 59.0 Å². The highest BCUT2D eigenvalue weighted by atomic mass is 32.2. The summed E-state index contributed by atoms with van der Waals surface area (Å²) in [7, 11) is 0. The van der Waals surface area contributed by atoms with Gasteiger partial charge >= 0.3 is 0 Å². The summed E-state index contributed by atoms with van der Waals surface area (Å²) in [5.41, 5.74) is 4.59. The van der Waals surface area contributed by atoms with Gasteiger partial charge in [0.2, 0.25) is 0 Å². The van der Waals surface area contributed by atoms with Gasteiger partial charge in [-0.15, -0.1) is 0 Å². The molecule has 2 aliphatic rings. The Bertz CT molecular complexity index is 877. The molecule has 0 atom stereocenters. The number of anilines is 2. The molecule has 2 aliphatic heterocycles. The molecule has 0 saturated carbocycles. The number of hydrogen-bond donors (Lipinski definition) is 2. The third-order valence-electron chi connectivity index (χ3n) is 6.71. The normalized spacial score (nSPS) is 17.6. The summed E-state index contributed by atoms with van der Waals surface area (Å²) in [5.74, 6) is 1.28. The molecule has 2 heterocycles. The van der Waals surface area contributed by atoms with Crippen LogP contribution in [-0.4, -0.2) is 45.7 Å². The van der Waals surface area contributed by atoms with Crippen molar-refractivity contribution in [3.63, 3.8) is 0 Å². The molecule has 178 valence electrons. The van der Waals surface area contributed by atoms with E-state index >= 15 is 0 Å². The Labute approximate surface area is 202 Å². The predicted octanol–water partition coefficient (Wildman–Crippen LogP) is 6.03. The maximum absolute atomic E-state index is 7.98. The zero-order chi connectivity index (χ0) is 22.9. The number of nitrogens with zero attached hydrogens (tertiary/aromatic N) is 1. The first-order valence-corrected chi connectivity index (χ1v) is 13.1. The summed E-state index contributed by atoms with van der Waals surface area (Å²) < 4.78 is 13.5. The van der Waals surface area contributed by atoms with Crippen LogP contribution in [0.3, 0.4) is 0 Å². The minimum absolute atomic E-state index is 0.639. The van der Waals surface area contributed by atoms with Gasteiger partial charge < -0.3 is 24.5 Å². The second-order valence-corrected chi connectivity index (χ2v) is 10.2. The van der Waals surface area contributed by atoms with Gasteiger partial charge in [0.15, 0.2) is 0 Å². The van der Waals surface area contributed by atoms with E-state index in [0.717, 1.165) is 87.8 Å². The molecule has 2 aromatic carbocycles. The molecule has 0 aliphatic carbocycles. The topological polar surface area (TPSA) is 57.6 Å². The quantitative estimate of drug-likeness (QED) is 0.330. The van der Waals surface area contributed by atoms with E-state index in [9.17, 15) is 0 Å². The van der Waals surface area contributed by atoms with Crippen LogP contribution in [0.2, 0.25) is 0 Å². The summed E-state index contributed by atoms with van der Waals surface area (Å²) >= 11 is 1.78. The van der Waals surface area contributed by atoms with Crippen molar-refractivity contribution >= 4 is 29.5 Å². The molecule has 0 bridgehead atoms. The Hall–Kier alpha value is -2.02. The molecule has 2 N–H and O–H groups in total. The van der Waals surface area contributed by atoms with E-state index in [1.54, 1.807) is 11.9 Å². The number of rotatable bonds is 10. The lowest BCUT2D eigenvalue weighted by molar-refractivity contribution is 0.0692. The van der Waals surface area contributed by atoms with Gasteiger partial charge in [0.1, 0.15) is 0 Å². The van der Waals surface area contributed by atoms with Crippen molar-refractivity contribution in [2.45, 2.75) is 43.9 Å². The summed E-state index contributed by atoms with van der Waals surface area (Å²) in [6.45, 7) is 7.59. The molecule has 0 amide bonds. The lowest BCUT2D eigenvalue weighted by Crippen LogP contribution is -2.28. The summed E-state index contributed by atoms with van der Waals surface area (Å²) in [4.78, 5) is 1.16. The Morgan fingerprint density at radius 3 is 2.27 bits per heavy atom. The summed E-state index contributed by atoms with van der Waals surface area (Å²) in [6.07, 6.45) is 6.97. The molecule has 4 rings (SSSR count). The maximum atomic E-state index is 7.98. The van der Waals surface area contributed by atoms with E-state index in [1.807, 2.05) is 0 Å². The summed E-state index contributed by atoms with van der Waals surface area (Å²) in [6, 6.07) is 15.4. The fourth-order valence-electron chi connectivity index (χ4n) is 4.47. The highest BCUT2D eigenvalue weighted by Gasteiger charge is 2.20. The van der Waals surface area contributed by atoms with E-state index in [0.29, 0.717) is 11.8 Å². The zero-order valence-corrected chi connectivity index (χ0v) is 20.5. The van der Waals surface area contributed by atoms with Crippen molar-refractivity contribution in [1.82, 2.24) is 0 Å². The number of hydrogen-bond acceptors (Lipinski definition) is 6.